The average molecular weight is 526 g/mol. The van der Waals surface area contributed by atoms with Crippen LogP contribution in [0, 0.1) is 0 Å². The minimum absolute atomic E-state index is 0.204. The highest BCUT2D eigenvalue weighted by molar-refractivity contribution is 9.10. The van der Waals surface area contributed by atoms with Crippen LogP contribution >= 0.6 is 39.3 Å². The van der Waals surface area contributed by atoms with Crippen LogP contribution in [0.15, 0.2) is 45.8 Å². The molecule has 0 unspecified atom stereocenters. The lowest BCUT2D eigenvalue weighted by Gasteiger charge is -2.13. The molecule has 2 aromatic carbocycles. The first kappa shape index (κ1) is 23.2. The molecule has 0 saturated carbocycles. The summed E-state index contributed by atoms with van der Waals surface area (Å²) < 4.78 is 11.6. The molecule has 0 bridgehead atoms. The number of nitrogens with zero attached hydrogens (tertiary/aromatic N) is 1. The third-order valence-electron chi connectivity index (χ3n) is 4.16. The SMILES string of the molecule is CCOc1cc(/C=C2/SC(=O)N(CC(=O)Nc3ccccc3Cl)C2=O)cc(Br)c1OC. The van der Waals surface area contributed by atoms with E-state index in [1.165, 1.54) is 7.11 Å². The van der Waals surface area contributed by atoms with E-state index in [2.05, 4.69) is 21.2 Å². The number of anilines is 1. The number of rotatable bonds is 7. The Bertz CT molecular complexity index is 1080. The summed E-state index contributed by atoms with van der Waals surface area (Å²) in [6, 6.07) is 10.2. The lowest BCUT2D eigenvalue weighted by molar-refractivity contribution is -0.127. The summed E-state index contributed by atoms with van der Waals surface area (Å²) in [5.41, 5.74) is 1.05. The number of hydrogen-bond donors (Lipinski definition) is 1. The quantitative estimate of drug-likeness (QED) is 0.501. The number of ether oxygens (including phenoxy) is 2. The zero-order valence-electron chi connectivity index (χ0n) is 16.6. The van der Waals surface area contributed by atoms with Gasteiger partial charge in [-0.25, -0.2) is 0 Å². The van der Waals surface area contributed by atoms with Crippen molar-refractivity contribution >= 4 is 68.1 Å². The van der Waals surface area contributed by atoms with Crippen molar-refractivity contribution < 1.29 is 23.9 Å². The second-order valence-electron chi connectivity index (χ2n) is 6.26. The summed E-state index contributed by atoms with van der Waals surface area (Å²) in [5.74, 6) is -0.0380. The number of amides is 3. The van der Waals surface area contributed by atoms with Gasteiger partial charge in [0, 0.05) is 0 Å². The molecule has 0 radical (unpaired) electrons. The second kappa shape index (κ2) is 10.2. The molecule has 0 spiro atoms. The molecular formula is C21H18BrClN2O5S. The average Bonchev–Trinajstić information content (AvgIpc) is 2.97. The normalized spacial score (nSPS) is 14.8. The molecular weight excluding hydrogens is 508 g/mol. The fourth-order valence-electron chi connectivity index (χ4n) is 2.82. The molecule has 162 valence electrons. The lowest BCUT2D eigenvalue weighted by atomic mass is 10.2. The van der Waals surface area contributed by atoms with Crippen molar-refractivity contribution in [2.75, 3.05) is 25.6 Å². The van der Waals surface area contributed by atoms with Crippen molar-refractivity contribution in [2.24, 2.45) is 0 Å². The molecule has 1 aliphatic rings. The summed E-state index contributed by atoms with van der Waals surface area (Å²) in [4.78, 5) is 38.5. The molecule has 31 heavy (non-hydrogen) atoms. The maximum Gasteiger partial charge on any atom is 0.294 e. The predicted molar refractivity (Wildman–Crippen MR) is 125 cm³/mol. The standard InChI is InChI=1S/C21H18BrClN2O5S/c1-3-30-16-9-12(8-13(22)19(16)29-2)10-17-20(27)25(21(28)31-17)11-18(26)24-15-7-5-4-6-14(15)23/h4-10H,3,11H2,1-2H3,(H,24,26)/b17-10+. The minimum Gasteiger partial charge on any atom is -0.492 e. The second-order valence-corrected chi connectivity index (χ2v) is 8.52. The van der Waals surface area contributed by atoms with Gasteiger partial charge >= 0.3 is 0 Å². The van der Waals surface area contributed by atoms with E-state index in [4.69, 9.17) is 21.1 Å². The molecule has 1 saturated heterocycles. The van der Waals surface area contributed by atoms with Crippen molar-refractivity contribution in [1.82, 2.24) is 4.90 Å². The molecule has 7 nitrogen and oxygen atoms in total. The van der Waals surface area contributed by atoms with Gasteiger partial charge in [0.05, 0.1) is 33.8 Å². The number of benzene rings is 2. The number of para-hydroxylation sites is 1. The summed E-state index contributed by atoms with van der Waals surface area (Å²) >= 11 is 10.2. The number of halogens is 2. The smallest absolute Gasteiger partial charge is 0.294 e. The van der Waals surface area contributed by atoms with Crippen LogP contribution in [-0.2, 0) is 9.59 Å². The summed E-state index contributed by atoms with van der Waals surface area (Å²) in [6.07, 6.45) is 1.57. The van der Waals surface area contributed by atoms with Crippen LogP contribution in [0.5, 0.6) is 11.5 Å². The Morgan fingerprint density at radius 2 is 2.03 bits per heavy atom. The van der Waals surface area contributed by atoms with E-state index < -0.39 is 23.6 Å². The largest absolute Gasteiger partial charge is 0.492 e. The summed E-state index contributed by atoms with van der Waals surface area (Å²) in [5, 5.41) is 2.44. The van der Waals surface area contributed by atoms with Crippen LogP contribution in [0.3, 0.4) is 0 Å². The van der Waals surface area contributed by atoms with Gasteiger partial charge in [-0.05, 0) is 70.5 Å². The Labute approximate surface area is 196 Å². The van der Waals surface area contributed by atoms with Gasteiger partial charge in [0.25, 0.3) is 11.1 Å². The molecule has 3 amide bonds. The topological polar surface area (TPSA) is 84.9 Å². The van der Waals surface area contributed by atoms with E-state index in [0.29, 0.717) is 38.9 Å². The molecule has 1 fully saturated rings. The number of imide groups is 1. The molecule has 1 aliphatic heterocycles. The first-order valence-corrected chi connectivity index (χ1v) is 11.1. The first-order chi connectivity index (χ1) is 14.8. The number of nitrogens with one attached hydrogen (secondary N) is 1. The Morgan fingerprint density at radius 3 is 2.71 bits per heavy atom. The molecule has 0 atom stereocenters. The predicted octanol–water partition coefficient (Wildman–Crippen LogP) is 5.18. The molecule has 0 aliphatic carbocycles. The Balaban J connectivity index is 1.77. The third kappa shape index (κ3) is 5.41. The summed E-state index contributed by atoms with van der Waals surface area (Å²) in [6.45, 7) is 1.87. The van der Waals surface area contributed by atoms with Crippen molar-refractivity contribution in [3.8, 4) is 11.5 Å². The van der Waals surface area contributed by atoms with Gasteiger partial charge < -0.3 is 14.8 Å². The van der Waals surface area contributed by atoms with Crippen molar-refractivity contribution in [3.05, 3.63) is 56.4 Å². The van der Waals surface area contributed by atoms with Crippen molar-refractivity contribution in [2.45, 2.75) is 6.92 Å². The van der Waals surface area contributed by atoms with Crippen LogP contribution in [0.4, 0.5) is 10.5 Å². The van der Waals surface area contributed by atoms with E-state index in [-0.39, 0.29) is 4.91 Å². The highest BCUT2D eigenvalue weighted by Gasteiger charge is 2.36. The van der Waals surface area contributed by atoms with E-state index in [9.17, 15) is 14.4 Å². The zero-order chi connectivity index (χ0) is 22.5. The molecule has 1 N–H and O–H groups in total. The Morgan fingerprint density at radius 1 is 1.29 bits per heavy atom. The van der Waals surface area contributed by atoms with Gasteiger partial charge in [-0.15, -0.1) is 0 Å². The van der Waals surface area contributed by atoms with E-state index in [1.807, 2.05) is 6.92 Å². The fourth-order valence-corrected chi connectivity index (χ4v) is 4.46. The fraction of sp³-hybridized carbons (Fsp3) is 0.190. The molecule has 1 heterocycles. The highest BCUT2D eigenvalue weighted by atomic mass is 79.9. The van der Waals surface area contributed by atoms with Crippen LogP contribution in [0.2, 0.25) is 5.02 Å². The maximum atomic E-state index is 12.7. The van der Waals surface area contributed by atoms with E-state index >= 15 is 0 Å². The maximum absolute atomic E-state index is 12.7. The first-order valence-electron chi connectivity index (χ1n) is 9.14. The van der Waals surface area contributed by atoms with Crippen LogP contribution in [-0.4, -0.2) is 42.2 Å². The number of hydrogen-bond acceptors (Lipinski definition) is 6. The van der Waals surface area contributed by atoms with E-state index in [0.717, 1.165) is 16.7 Å². The number of thioether (sulfide) groups is 1. The van der Waals surface area contributed by atoms with E-state index in [1.54, 1.807) is 42.5 Å². The van der Waals surface area contributed by atoms with Gasteiger partial charge in [0.15, 0.2) is 11.5 Å². The van der Waals surface area contributed by atoms with Crippen LogP contribution < -0.4 is 14.8 Å². The Hall–Kier alpha value is -2.49. The number of methoxy groups -OCH3 is 1. The van der Waals surface area contributed by atoms with Gasteiger partial charge in [-0.2, -0.15) is 0 Å². The minimum atomic E-state index is -0.547. The third-order valence-corrected chi connectivity index (χ3v) is 5.98. The van der Waals surface area contributed by atoms with Gasteiger partial charge in [-0.3, -0.25) is 19.3 Å². The van der Waals surface area contributed by atoms with Crippen molar-refractivity contribution in [3.63, 3.8) is 0 Å². The van der Waals surface area contributed by atoms with Crippen LogP contribution in [0.1, 0.15) is 12.5 Å². The van der Waals surface area contributed by atoms with Gasteiger partial charge in [0.2, 0.25) is 5.91 Å². The zero-order valence-corrected chi connectivity index (χ0v) is 19.8. The highest BCUT2D eigenvalue weighted by Crippen LogP contribution is 2.39. The number of carbonyl (C=O) groups is 3. The molecule has 0 aromatic heterocycles. The molecule has 3 rings (SSSR count). The molecule has 2 aromatic rings. The van der Waals surface area contributed by atoms with Gasteiger partial charge in [0.1, 0.15) is 6.54 Å². The molecule has 10 heteroatoms. The summed E-state index contributed by atoms with van der Waals surface area (Å²) in [7, 11) is 1.53. The monoisotopic (exact) mass is 524 g/mol. The lowest BCUT2D eigenvalue weighted by Crippen LogP contribution is -2.36. The van der Waals surface area contributed by atoms with Crippen LogP contribution in [0.25, 0.3) is 6.08 Å². The number of carbonyl (C=O) groups excluding carboxylic acids is 3. The Kier molecular flexibility index (Phi) is 7.64. The van der Waals surface area contributed by atoms with Crippen molar-refractivity contribution in [1.29, 1.82) is 0 Å². The van der Waals surface area contributed by atoms with Gasteiger partial charge in [-0.1, -0.05) is 23.7 Å².